The summed E-state index contributed by atoms with van der Waals surface area (Å²) in [6, 6.07) is 12.1. The molecule has 0 saturated heterocycles. The Hall–Kier alpha value is -4.01. The van der Waals surface area contributed by atoms with E-state index in [2.05, 4.69) is 20.6 Å². The van der Waals surface area contributed by atoms with E-state index >= 15 is 0 Å². The van der Waals surface area contributed by atoms with Gasteiger partial charge in [-0.1, -0.05) is 12.1 Å². The average molecular weight is 381 g/mol. The number of carbonyl (C=O) groups excluding carboxylic acids is 2. The molecule has 0 saturated carbocycles. The first-order chi connectivity index (χ1) is 13.5. The van der Waals surface area contributed by atoms with Crippen molar-refractivity contribution in [2.75, 3.05) is 17.7 Å². The molecule has 1 heterocycles. The van der Waals surface area contributed by atoms with Crippen LogP contribution in [0, 0.1) is 5.82 Å². The van der Waals surface area contributed by atoms with Gasteiger partial charge in [0.15, 0.2) is 5.82 Å². The second-order valence-electron chi connectivity index (χ2n) is 5.61. The Morgan fingerprint density at radius 3 is 2.43 bits per heavy atom. The van der Waals surface area contributed by atoms with Crippen molar-refractivity contribution in [3.8, 4) is 0 Å². The number of esters is 1. The molecule has 0 unspecified atom stereocenters. The smallest absolute Gasteiger partial charge is 0.343 e. The molecule has 142 valence electrons. The van der Waals surface area contributed by atoms with E-state index in [0.29, 0.717) is 11.4 Å². The highest BCUT2D eigenvalue weighted by Gasteiger charge is 2.17. The summed E-state index contributed by atoms with van der Waals surface area (Å²) in [6.45, 7) is 0. The van der Waals surface area contributed by atoms with E-state index in [1.54, 1.807) is 24.3 Å². The number of benzene rings is 2. The molecule has 0 fully saturated rings. The zero-order chi connectivity index (χ0) is 20.1. The summed E-state index contributed by atoms with van der Waals surface area (Å²) in [5.41, 5.74) is 6.60. The van der Waals surface area contributed by atoms with E-state index < -0.39 is 11.9 Å². The van der Waals surface area contributed by atoms with Gasteiger partial charge in [-0.3, -0.25) is 4.79 Å². The molecule has 0 bridgehead atoms. The van der Waals surface area contributed by atoms with Gasteiger partial charge in [-0.05, 0) is 36.4 Å². The quantitative estimate of drug-likeness (QED) is 0.562. The standard InChI is InChI=1S/C19H16FN5O3/c1-28-18(27)14-10-22-19(23-12-8-6-11(20)7-9-12)25-17(14)24-15-5-3-2-4-13(15)16(21)26/h2-10H,1H3,(H2,21,26)(H2,22,23,24,25). The minimum Gasteiger partial charge on any atom is -0.465 e. The number of nitrogens with one attached hydrogen (secondary N) is 2. The summed E-state index contributed by atoms with van der Waals surface area (Å²) in [7, 11) is 1.23. The van der Waals surface area contributed by atoms with Gasteiger partial charge in [0.05, 0.1) is 18.4 Å². The lowest BCUT2D eigenvalue weighted by Crippen LogP contribution is -2.15. The molecule has 0 aliphatic carbocycles. The fourth-order valence-electron chi connectivity index (χ4n) is 2.39. The van der Waals surface area contributed by atoms with Crippen LogP contribution in [-0.2, 0) is 4.74 Å². The molecule has 4 N–H and O–H groups in total. The van der Waals surface area contributed by atoms with Crippen LogP contribution in [0.4, 0.5) is 27.5 Å². The molecule has 8 nitrogen and oxygen atoms in total. The number of anilines is 4. The number of ether oxygens (including phenoxy) is 1. The predicted molar refractivity (Wildman–Crippen MR) is 101 cm³/mol. The number of hydrogen-bond acceptors (Lipinski definition) is 7. The number of rotatable bonds is 6. The minimum atomic E-state index is -0.660. The van der Waals surface area contributed by atoms with Crippen LogP contribution in [0.3, 0.4) is 0 Å². The molecule has 9 heteroatoms. The van der Waals surface area contributed by atoms with Gasteiger partial charge in [-0.15, -0.1) is 0 Å². The summed E-state index contributed by atoms with van der Waals surface area (Å²) in [4.78, 5) is 32.0. The van der Waals surface area contributed by atoms with Crippen LogP contribution in [0.1, 0.15) is 20.7 Å². The zero-order valence-electron chi connectivity index (χ0n) is 14.8. The molecule has 0 spiro atoms. The van der Waals surface area contributed by atoms with Gasteiger partial charge in [-0.2, -0.15) is 4.98 Å². The molecule has 0 aliphatic heterocycles. The van der Waals surface area contributed by atoms with Crippen LogP contribution in [0.25, 0.3) is 0 Å². The molecular formula is C19H16FN5O3. The van der Waals surface area contributed by atoms with Crippen LogP contribution in [0.15, 0.2) is 54.7 Å². The molecule has 0 atom stereocenters. The van der Waals surface area contributed by atoms with Gasteiger partial charge in [0.25, 0.3) is 5.91 Å². The van der Waals surface area contributed by atoms with Crippen molar-refractivity contribution in [1.29, 1.82) is 0 Å². The molecule has 1 aromatic heterocycles. The van der Waals surface area contributed by atoms with E-state index in [0.717, 1.165) is 0 Å². The Kier molecular flexibility index (Phi) is 5.45. The fourth-order valence-corrected chi connectivity index (χ4v) is 2.39. The maximum absolute atomic E-state index is 13.1. The molecule has 2 aromatic carbocycles. The summed E-state index contributed by atoms with van der Waals surface area (Å²) >= 11 is 0. The van der Waals surface area contributed by atoms with E-state index in [4.69, 9.17) is 10.5 Å². The number of nitrogens with zero attached hydrogens (tertiary/aromatic N) is 2. The number of halogens is 1. The van der Waals surface area contributed by atoms with E-state index in [-0.39, 0.29) is 28.7 Å². The van der Waals surface area contributed by atoms with Gasteiger partial charge in [0, 0.05) is 11.9 Å². The average Bonchev–Trinajstić information content (AvgIpc) is 2.69. The number of amides is 1. The summed E-state index contributed by atoms with van der Waals surface area (Å²) in [6.07, 6.45) is 1.28. The van der Waals surface area contributed by atoms with Gasteiger partial charge in [-0.25, -0.2) is 14.2 Å². The largest absolute Gasteiger partial charge is 0.465 e. The van der Waals surface area contributed by atoms with E-state index in [1.807, 2.05) is 0 Å². The lowest BCUT2D eigenvalue weighted by molar-refractivity contribution is 0.0601. The van der Waals surface area contributed by atoms with Gasteiger partial charge >= 0.3 is 5.97 Å². The fraction of sp³-hybridized carbons (Fsp3) is 0.0526. The van der Waals surface area contributed by atoms with E-state index in [9.17, 15) is 14.0 Å². The first-order valence-corrected chi connectivity index (χ1v) is 8.11. The molecule has 28 heavy (non-hydrogen) atoms. The lowest BCUT2D eigenvalue weighted by Gasteiger charge is -2.13. The zero-order valence-corrected chi connectivity index (χ0v) is 14.8. The molecule has 3 aromatic rings. The van der Waals surface area contributed by atoms with Gasteiger partial charge in [0.2, 0.25) is 5.95 Å². The lowest BCUT2D eigenvalue weighted by atomic mass is 10.1. The van der Waals surface area contributed by atoms with Crippen LogP contribution >= 0.6 is 0 Å². The first kappa shape index (κ1) is 18.8. The Labute approximate surface area is 159 Å². The van der Waals surface area contributed by atoms with Gasteiger partial charge in [0.1, 0.15) is 11.4 Å². The molecule has 1 amide bonds. The number of hydrogen-bond donors (Lipinski definition) is 3. The predicted octanol–water partition coefficient (Wildman–Crippen LogP) is 2.99. The third kappa shape index (κ3) is 4.21. The summed E-state index contributed by atoms with van der Waals surface area (Å²) < 4.78 is 17.8. The number of methoxy groups -OCH3 is 1. The number of aromatic nitrogens is 2. The SMILES string of the molecule is COC(=O)c1cnc(Nc2ccc(F)cc2)nc1Nc1ccccc1C(N)=O. The maximum atomic E-state index is 13.1. The monoisotopic (exact) mass is 381 g/mol. The third-order valence-electron chi connectivity index (χ3n) is 3.74. The van der Waals surface area contributed by atoms with Crippen molar-refractivity contribution < 1.29 is 18.7 Å². The highest BCUT2D eigenvalue weighted by Crippen LogP contribution is 2.24. The van der Waals surface area contributed by atoms with Gasteiger partial charge < -0.3 is 21.1 Å². The van der Waals surface area contributed by atoms with Crippen molar-refractivity contribution >= 4 is 35.0 Å². The van der Waals surface area contributed by atoms with Crippen molar-refractivity contribution in [3.05, 3.63) is 71.7 Å². The van der Waals surface area contributed by atoms with Crippen LogP contribution in [0.5, 0.6) is 0 Å². The Morgan fingerprint density at radius 1 is 1.04 bits per heavy atom. The molecular weight excluding hydrogens is 365 g/mol. The molecule has 0 radical (unpaired) electrons. The Bertz CT molecular complexity index is 1020. The number of carbonyl (C=O) groups is 2. The highest BCUT2D eigenvalue weighted by molar-refractivity contribution is 6.00. The maximum Gasteiger partial charge on any atom is 0.343 e. The van der Waals surface area contributed by atoms with Crippen molar-refractivity contribution in [3.63, 3.8) is 0 Å². The Morgan fingerprint density at radius 2 is 1.75 bits per heavy atom. The van der Waals surface area contributed by atoms with Crippen molar-refractivity contribution in [2.24, 2.45) is 5.73 Å². The Balaban J connectivity index is 1.98. The second kappa shape index (κ2) is 8.12. The summed E-state index contributed by atoms with van der Waals surface area (Å²) in [5.74, 6) is -1.41. The van der Waals surface area contributed by atoms with Crippen molar-refractivity contribution in [1.82, 2.24) is 9.97 Å². The number of primary amides is 1. The van der Waals surface area contributed by atoms with Crippen LogP contribution in [0.2, 0.25) is 0 Å². The van der Waals surface area contributed by atoms with Crippen LogP contribution < -0.4 is 16.4 Å². The van der Waals surface area contributed by atoms with Crippen LogP contribution in [-0.4, -0.2) is 29.0 Å². The topological polar surface area (TPSA) is 119 Å². The minimum absolute atomic E-state index is 0.0615. The summed E-state index contributed by atoms with van der Waals surface area (Å²) in [5, 5.41) is 5.83. The second-order valence-corrected chi connectivity index (χ2v) is 5.61. The number of para-hydroxylation sites is 1. The normalized spacial score (nSPS) is 10.2. The highest BCUT2D eigenvalue weighted by atomic mass is 19.1. The molecule has 0 aliphatic rings. The van der Waals surface area contributed by atoms with E-state index in [1.165, 1.54) is 37.6 Å². The number of nitrogens with two attached hydrogens (primary N) is 1. The van der Waals surface area contributed by atoms with Crippen molar-refractivity contribution in [2.45, 2.75) is 0 Å². The molecule has 3 rings (SSSR count). The third-order valence-corrected chi connectivity index (χ3v) is 3.74. The first-order valence-electron chi connectivity index (χ1n) is 8.11.